The molecule has 0 fully saturated rings. The van der Waals surface area contributed by atoms with Gasteiger partial charge in [-0.3, -0.25) is 4.98 Å². The predicted octanol–water partition coefficient (Wildman–Crippen LogP) is 1.79. The number of hydrogen-bond donors (Lipinski definition) is 0. The molecule has 0 bridgehead atoms. The van der Waals surface area contributed by atoms with Gasteiger partial charge in [-0.05, 0) is 12.1 Å². The lowest BCUT2D eigenvalue weighted by molar-refractivity contribution is 0.624. The fraction of sp³-hybridized carbons (Fsp3) is 0.143. The van der Waals surface area contributed by atoms with Crippen molar-refractivity contribution < 1.29 is 4.39 Å². The van der Waals surface area contributed by atoms with Gasteiger partial charge in [-0.15, -0.1) is 0 Å². The van der Waals surface area contributed by atoms with Crippen LogP contribution in [0.1, 0.15) is 12.6 Å². The number of pyridine rings is 1. The molecule has 2 heteroatoms. The molecule has 1 heterocycles. The van der Waals surface area contributed by atoms with Crippen LogP contribution in [0.15, 0.2) is 18.3 Å². The molecule has 0 spiro atoms. The molecule has 1 aromatic heterocycles. The summed E-state index contributed by atoms with van der Waals surface area (Å²) < 4.78 is 12.3. The molecule has 0 aromatic carbocycles. The van der Waals surface area contributed by atoms with Gasteiger partial charge in [-0.2, -0.15) is 0 Å². The lowest BCUT2D eigenvalue weighted by atomic mass is 10.3. The van der Waals surface area contributed by atoms with Crippen molar-refractivity contribution >= 4 is 0 Å². The van der Waals surface area contributed by atoms with Crippen LogP contribution in [0, 0.1) is 12.2 Å². The molecule has 0 aliphatic carbocycles. The summed E-state index contributed by atoms with van der Waals surface area (Å²) in [6, 6.07) is 2.72. The van der Waals surface area contributed by atoms with E-state index in [2.05, 4.69) is 4.98 Å². The van der Waals surface area contributed by atoms with Crippen LogP contribution in [0.2, 0.25) is 0 Å². The van der Waals surface area contributed by atoms with E-state index in [-0.39, 0.29) is 5.82 Å². The van der Waals surface area contributed by atoms with E-state index in [1.54, 1.807) is 6.42 Å². The zero-order valence-electron chi connectivity index (χ0n) is 5.13. The Labute approximate surface area is 53.5 Å². The van der Waals surface area contributed by atoms with Crippen LogP contribution in [0.5, 0.6) is 0 Å². The minimum atomic E-state index is -0.238. The van der Waals surface area contributed by atoms with Crippen LogP contribution in [0.25, 0.3) is 0 Å². The fourth-order valence-corrected chi connectivity index (χ4v) is 0.579. The molecule has 47 valence electrons. The molecule has 0 aliphatic rings. The summed E-state index contributed by atoms with van der Waals surface area (Å²) in [5.41, 5.74) is 0.676. The molecule has 0 aliphatic heterocycles. The second-order valence-electron chi connectivity index (χ2n) is 1.69. The van der Waals surface area contributed by atoms with Gasteiger partial charge in [0.2, 0.25) is 0 Å². The van der Waals surface area contributed by atoms with Crippen molar-refractivity contribution in [1.82, 2.24) is 4.98 Å². The topological polar surface area (TPSA) is 12.9 Å². The first-order chi connectivity index (χ1) is 4.33. The third-order valence-electron chi connectivity index (χ3n) is 1.04. The van der Waals surface area contributed by atoms with E-state index in [0.717, 1.165) is 0 Å². The van der Waals surface area contributed by atoms with Gasteiger partial charge < -0.3 is 0 Å². The molecular weight excluding hydrogens is 117 g/mol. The maximum Gasteiger partial charge on any atom is 0.126 e. The average Bonchev–Trinajstić information content (AvgIpc) is 1.88. The number of nitrogens with zero attached hydrogens (tertiary/aromatic N) is 1. The van der Waals surface area contributed by atoms with Crippen LogP contribution in [-0.4, -0.2) is 4.98 Å². The molecule has 1 radical (unpaired) electrons. The van der Waals surface area contributed by atoms with Gasteiger partial charge in [0.1, 0.15) is 5.82 Å². The Morgan fingerprint density at radius 1 is 1.67 bits per heavy atom. The molecule has 1 nitrogen and oxygen atoms in total. The number of rotatable bonds is 1. The molecule has 1 rings (SSSR count). The molecule has 0 unspecified atom stereocenters. The lowest BCUT2D eigenvalue weighted by Gasteiger charge is -1.91. The highest BCUT2D eigenvalue weighted by atomic mass is 19.1. The zero-order valence-corrected chi connectivity index (χ0v) is 5.13. The van der Waals surface area contributed by atoms with Crippen LogP contribution < -0.4 is 0 Å². The monoisotopic (exact) mass is 124 g/mol. The molecule has 0 N–H and O–H groups in total. The second kappa shape index (κ2) is 2.58. The Balaban J connectivity index is 2.94. The molecule has 0 atom stereocenters. The Morgan fingerprint density at radius 3 is 2.89 bits per heavy atom. The highest BCUT2D eigenvalue weighted by Crippen LogP contribution is 2.00. The van der Waals surface area contributed by atoms with E-state index < -0.39 is 0 Å². The van der Waals surface area contributed by atoms with Gasteiger partial charge in [0.15, 0.2) is 0 Å². The summed E-state index contributed by atoms with van der Waals surface area (Å²) in [5.74, 6) is -0.238. The molecule has 9 heavy (non-hydrogen) atoms. The molecule has 0 saturated heterocycles. The first kappa shape index (κ1) is 6.20. The van der Waals surface area contributed by atoms with E-state index in [0.29, 0.717) is 5.69 Å². The first-order valence-corrected chi connectivity index (χ1v) is 2.74. The summed E-state index contributed by atoms with van der Waals surface area (Å²) >= 11 is 0. The van der Waals surface area contributed by atoms with Crippen molar-refractivity contribution in [1.29, 1.82) is 0 Å². The second-order valence-corrected chi connectivity index (χ2v) is 1.69. The van der Waals surface area contributed by atoms with Crippen molar-refractivity contribution in [2.45, 2.75) is 6.92 Å². The van der Waals surface area contributed by atoms with Crippen LogP contribution in [0.4, 0.5) is 4.39 Å². The maximum atomic E-state index is 12.3. The van der Waals surface area contributed by atoms with Crippen molar-refractivity contribution in [3.63, 3.8) is 0 Å². The Hall–Kier alpha value is -0.920. The summed E-state index contributed by atoms with van der Waals surface area (Å²) in [6.45, 7) is 1.82. The molecular formula is C7H7FN. The summed E-state index contributed by atoms with van der Waals surface area (Å²) in [4.78, 5) is 3.86. The molecule has 1 aromatic rings. The van der Waals surface area contributed by atoms with E-state index in [4.69, 9.17) is 0 Å². The zero-order chi connectivity index (χ0) is 6.69. The SMILES string of the molecule is C[CH]c1cc(F)ccn1. The van der Waals surface area contributed by atoms with E-state index in [1.807, 2.05) is 6.92 Å². The third kappa shape index (κ3) is 1.49. The molecule has 0 saturated carbocycles. The Bertz CT molecular complexity index is 198. The van der Waals surface area contributed by atoms with E-state index in [9.17, 15) is 4.39 Å². The van der Waals surface area contributed by atoms with Gasteiger partial charge in [-0.25, -0.2) is 4.39 Å². The van der Waals surface area contributed by atoms with Gasteiger partial charge in [0.25, 0.3) is 0 Å². The smallest absolute Gasteiger partial charge is 0.126 e. The predicted molar refractivity (Wildman–Crippen MR) is 33.3 cm³/mol. The summed E-state index contributed by atoms with van der Waals surface area (Å²) in [7, 11) is 0. The normalized spacial score (nSPS) is 9.56. The van der Waals surface area contributed by atoms with Crippen LogP contribution >= 0.6 is 0 Å². The average molecular weight is 124 g/mol. The number of hydrogen-bond acceptors (Lipinski definition) is 1. The standard InChI is InChI=1S/C7H7FN/c1-2-7-5-6(8)3-4-9-7/h2-5H,1H3. The Morgan fingerprint density at radius 2 is 2.44 bits per heavy atom. The van der Waals surface area contributed by atoms with Crippen molar-refractivity contribution in [2.75, 3.05) is 0 Å². The first-order valence-electron chi connectivity index (χ1n) is 2.74. The minimum absolute atomic E-state index is 0.238. The quantitative estimate of drug-likeness (QED) is 0.556. The van der Waals surface area contributed by atoms with Crippen molar-refractivity contribution in [3.05, 3.63) is 36.3 Å². The third-order valence-corrected chi connectivity index (χ3v) is 1.04. The largest absolute Gasteiger partial charge is 0.261 e. The van der Waals surface area contributed by atoms with Crippen molar-refractivity contribution in [3.8, 4) is 0 Å². The van der Waals surface area contributed by atoms with E-state index >= 15 is 0 Å². The molecule has 0 amide bonds. The lowest BCUT2D eigenvalue weighted by Crippen LogP contribution is -1.83. The number of halogens is 1. The van der Waals surface area contributed by atoms with E-state index in [1.165, 1.54) is 18.3 Å². The van der Waals surface area contributed by atoms with Crippen LogP contribution in [0.3, 0.4) is 0 Å². The van der Waals surface area contributed by atoms with Gasteiger partial charge in [0.05, 0.1) is 0 Å². The van der Waals surface area contributed by atoms with Gasteiger partial charge in [-0.1, -0.05) is 6.92 Å². The highest BCUT2D eigenvalue weighted by molar-refractivity contribution is 5.12. The fourth-order valence-electron chi connectivity index (χ4n) is 0.579. The summed E-state index contributed by atoms with van der Waals surface area (Å²) in [5, 5.41) is 0. The van der Waals surface area contributed by atoms with Crippen molar-refractivity contribution in [2.24, 2.45) is 0 Å². The summed E-state index contributed by atoms with van der Waals surface area (Å²) in [6.07, 6.45) is 3.20. The highest BCUT2D eigenvalue weighted by Gasteiger charge is 1.90. The van der Waals surface area contributed by atoms with Gasteiger partial charge in [0, 0.05) is 18.3 Å². The minimum Gasteiger partial charge on any atom is -0.261 e. The number of aromatic nitrogens is 1. The Kier molecular flexibility index (Phi) is 1.78. The van der Waals surface area contributed by atoms with Gasteiger partial charge >= 0.3 is 0 Å². The maximum absolute atomic E-state index is 12.3. The van der Waals surface area contributed by atoms with Crippen LogP contribution in [-0.2, 0) is 0 Å².